The number of hydrogen-bond donors (Lipinski definition) is 0. The van der Waals surface area contributed by atoms with Gasteiger partial charge in [-0.15, -0.1) is 0 Å². The molecule has 7 heteroatoms. The molecular formula is C18H28N4O2S. The number of aryl methyl sites for hydroxylation is 1. The molecule has 2 aromatic rings. The van der Waals surface area contributed by atoms with E-state index in [0.717, 1.165) is 29.1 Å². The van der Waals surface area contributed by atoms with Crippen molar-refractivity contribution >= 4 is 34.8 Å². The van der Waals surface area contributed by atoms with Crippen LogP contribution in [0.3, 0.4) is 0 Å². The topological polar surface area (TPSA) is 50.6 Å². The van der Waals surface area contributed by atoms with E-state index < -0.39 is 0 Å². The van der Waals surface area contributed by atoms with Crippen molar-refractivity contribution in [2.24, 2.45) is 0 Å². The number of aromatic nitrogens is 2. The smallest absolute Gasteiger partial charge is 0.320 e. The molecule has 0 bridgehead atoms. The number of carbonyl (C=O) groups is 1. The molecule has 138 valence electrons. The fraction of sp³-hybridized carbons (Fsp3) is 0.556. The molecule has 0 N–H and O–H groups in total. The van der Waals surface area contributed by atoms with Gasteiger partial charge < -0.3 is 13.6 Å². The zero-order valence-corrected chi connectivity index (χ0v) is 17.0. The highest BCUT2D eigenvalue weighted by atomic mass is 32.2. The number of anilines is 1. The lowest BCUT2D eigenvalue weighted by molar-refractivity contribution is -0.140. The highest BCUT2D eigenvalue weighted by Crippen LogP contribution is 2.30. The number of rotatable bonds is 6. The summed E-state index contributed by atoms with van der Waals surface area (Å²) in [6.07, 6.45) is 0. The van der Waals surface area contributed by atoms with E-state index in [0.29, 0.717) is 0 Å². The Morgan fingerprint density at radius 3 is 2.56 bits per heavy atom. The van der Waals surface area contributed by atoms with Crippen LogP contribution < -0.4 is 4.31 Å². The van der Waals surface area contributed by atoms with Gasteiger partial charge in [-0.05, 0) is 32.2 Å². The number of fused-ring (bicyclic) bond motifs is 1. The van der Waals surface area contributed by atoms with Crippen LogP contribution >= 0.6 is 12.1 Å². The number of likely N-dealkylation sites (N-methyl/N-ethyl adjacent to an activating group) is 1. The minimum absolute atomic E-state index is 0.00340. The summed E-state index contributed by atoms with van der Waals surface area (Å²) in [4.78, 5) is 16.3. The van der Waals surface area contributed by atoms with Crippen molar-refractivity contribution in [3.05, 3.63) is 24.0 Å². The van der Waals surface area contributed by atoms with Crippen molar-refractivity contribution in [2.75, 3.05) is 32.1 Å². The highest BCUT2D eigenvalue weighted by molar-refractivity contribution is 7.98. The first kappa shape index (κ1) is 19.6. The van der Waals surface area contributed by atoms with Crippen LogP contribution in [0.2, 0.25) is 0 Å². The quantitative estimate of drug-likeness (QED) is 0.578. The lowest BCUT2D eigenvalue weighted by Gasteiger charge is -2.23. The molecule has 0 spiro atoms. The monoisotopic (exact) mass is 364 g/mol. The lowest BCUT2D eigenvalue weighted by Crippen LogP contribution is -2.25. The normalized spacial score (nSPS) is 12.0. The maximum absolute atomic E-state index is 11.4. The molecule has 0 aliphatic rings. The number of esters is 1. The van der Waals surface area contributed by atoms with Crippen LogP contribution in [-0.4, -0.2) is 47.6 Å². The molecule has 0 saturated carbocycles. The van der Waals surface area contributed by atoms with E-state index in [1.54, 1.807) is 0 Å². The summed E-state index contributed by atoms with van der Waals surface area (Å²) >= 11 is 1.46. The molecule has 0 aliphatic carbocycles. The average Bonchev–Trinajstić information content (AvgIpc) is 2.92. The van der Waals surface area contributed by atoms with E-state index >= 15 is 0 Å². The first-order valence-corrected chi connectivity index (χ1v) is 9.11. The van der Waals surface area contributed by atoms with E-state index in [4.69, 9.17) is 9.72 Å². The van der Waals surface area contributed by atoms with Crippen LogP contribution in [-0.2, 0) is 21.5 Å². The predicted molar refractivity (Wildman–Crippen MR) is 105 cm³/mol. The van der Waals surface area contributed by atoms with E-state index in [1.807, 2.05) is 22.7 Å². The van der Waals surface area contributed by atoms with Crippen molar-refractivity contribution in [2.45, 2.75) is 39.7 Å². The SMILES string of the molecule is CCn1c(C(C)(C)C)nc2cc(N(C)SN(C)CC(=O)OC)ccc21. The summed E-state index contributed by atoms with van der Waals surface area (Å²) in [5.74, 6) is 0.843. The first-order chi connectivity index (χ1) is 11.7. The minimum atomic E-state index is -0.254. The van der Waals surface area contributed by atoms with Crippen molar-refractivity contribution in [3.63, 3.8) is 0 Å². The van der Waals surface area contributed by atoms with Crippen LogP contribution in [0.4, 0.5) is 5.69 Å². The molecule has 25 heavy (non-hydrogen) atoms. The second-order valence-electron chi connectivity index (χ2n) is 7.04. The molecule has 2 rings (SSSR count). The van der Waals surface area contributed by atoms with Crippen LogP contribution in [0.25, 0.3) is 11.0 Å². The van der Waals surface area contributed by atoms with Crippen molar-refractivity contribution in [3.8, 4) is 0 Å². The Bertz CT molecular complexity index is 751. The van der Waals surface area contributed by atoms with Crippen LogP contribution in [0.1, 0.15) is 33.5 Å². The van der Waals surface area contributed by atoms with Gasteiger partial charge >= 0.3 is 5.97 Å². The standard InChI is InChI=1S/C18H28N4O2S/c1-8-22-15-10-9-13(11-14(15)19-17(22)18(2,3)4)21(6)25-20(5)12-16(23)24-7/h9-11H,8,12H2,1-7H3. The van der Waals surface area contributed by atoms with Crippen LogP contribution in [0.15, 0.2) is 18.2 Å². The Kier molecular flexibility index (Phi) is 6.00. The first-order valence-electron chi connectivity index (χ1n) is 8.38. The number of methoxy groups -OCH3 is 1. The molecule has 1 aromatic heterocycles. The number of hydrogen-bond acceptors (Lipinski definition) is 6. The maximum atomic E-state index is 11.4. The van der Waals surface area contributed by atoms with E-state index in [2.05, 4.69) is 50.5 Å². The van der Waals surface area contributed by atoms with Crippen LogP contribution in [0, 0.1) is 0 Å². The number of carbonyl (C=O) groups excluding carboxylic acids is 1. The van der Waals surface area contributed by atoms with Gasteiger partial charge in [0.2, 0.25) is 0 Å². The van der Waals surface area contributed by atoms with Crippen molar-refractivity contribution < 1.29 is 9.53 Å². The summed E-state index contributed by atoms with van der Waals surface area (Å²) in [5, 5.41) is 0. The summed E-state index contributed by atoms with van der Waals surface area (Å²) in [7, 11) is 5.23. The third-order valence-corrected chi connectivity index (χ3v) is 4.79. The highest BCUT2D eigenvalue weighted by Gasteiger charge is 2.22. The van der Waals surface area contributed by atoms with E-state index in [-0.39, 0.29) is 17.9 Å². The fourth-order valence-corrected chi connectivity index (χ4v) is 3.53. The second-order valence-corrected chi connectivity index (χ2v) is 8.38. The molecule has 6 nitrogen and oxygen atoms in total. The van der Waals surface area contributed by atoms with E-state index in [1.165, 1.54) is 19.2 Å². The third kappa shape index (κ3) is 4.46. The average molecular weight is 365 g/mol. The van der Waals surface area contributed by atoms with Gasteiger partial charge in [-0.25, -0.2) is 9.29 Å². The summed E-state index contributed by atoms with van der Waals surface area (Å²) in [6.45, 7) is 9.83. The van der Waals surface area contributed by atoms with Gasteiger partial charge in [-0.1, -0.05) is 20.8 Å². The van der Waals surface area contributed by atoms with Gasteiger partial charge in [0.15, 0.2) is 0 Å². The van der Waals surface area contributed by atoms with Gasteiger partial charge in [0.1, 0.15) is 12.4 Å². The summed E-state index contributed by atoms with van der Waals surface area (Å²) < 4.78 is 10.8. The molecule has 1 aromatic carbocycles. The summed E-state index contributed by atoms with van der Waals surface area (Å²) in [5.41, 5.74) is 3.18. The Morgan fingerprint density at radius 1 is 1.32 bits per heavy atom. The Labute approximate surface area is 154 Å². The molecule has 0 saturated heterocycles. The number of nitrogens with zero attached hydrogens (tertiary/aromatic N) is 4. The molecular weight excluding hydrogens is 336 g/mol. The molecule has 0 fully saturated rings. The molecule has 1 heterocycles. The van der Waals surface area contributed by atoms with Gasteiger partial charge in [0.05, 0.1) is 23.8 Å². The van der Waals surface area contributed by atoms with Gasteiger partial charge in [0, 0.05) is 31.1 Å². The molecule has 0 aliphatic heterocycles. The third-order valence-electron chi connectivity index (χ3n) is 3.92. The van der Waals surface area contributed by atoms with Gasteiger partial charge in [-0.2, -0.15) is 0 Å². The van der Waals surface area contributed by atoms with E-state index in [9.17, 15) is 4.79 Å². The zero-order chi connectivity index (χ0) is 18.8. The lowest BCUT2D eigenvalue weighted by atomic mass is 9.96. The predicted octanol–water partition coefficient (Wildman–Crippen LogP) is 3.46. The minimum Gasteiger partial charge on any atom is -0.468 e. The Morgan fingerprint density at radius 2 is 2.00 bits per heavy atom. The van der Waals surface area contributed by atoms with Gasteiger partial charge in [0.25, 0.3) is 0 Å². The fourth-order valence-electron chi connectivity index (χ4n) is 2.74. The number of ether oxygens (including phenoxy) is 1. The zero-order valence-electron chi connectivity index (χ0n) is 16.2. The number of benzene rings is 1. The van der Waals surface area contributed by atoms with Crippen molar-refractivity contribution in [1.29, 1.82) is 0 Å². The largest absolute Gasteiger partial charge is 0.468 e. The Balaban J connectivity index is 2.27. The number of imidazole rings is 1. The molecule has 0 amide bonds. The Hall–Kier alpha value is -1.73. The molecule has 0 unspecified atom stereocenters. The second kappa shape index (κ2) is 7.66. The maximum Gasteiger partial charge on any atom is 0.320 e. The van der Waals surface area contributed by atoms with Crippen LogP contribution in [0.5, 0.6) is 0 Å². The van der Waals surface area contributed by atoms with Gasteiger partial charge in [-0.3, -0.25) is 4.79 Å². The molecule has 0 atom stereocenters. The summed E-state index contributed by atoms with van der Waals surface area (Å²) in [6, 6.07) is 6.30. The van der Waals surface area contributed by atoms with Crippen molar-refractivity contribution in [1.82, 2.24) is 13.9 Å². The molecule has 0 radical (unpaired) electrons.